The normalized spacial score (nSPS) is 19.3. The lowest BCUT2D eigenvalue weighted by molar-refractivity contribution is -0.00805. The number of aliphatic imine (C=N–C) groups is 1. The van der Waals surface area contributed by atoms with Gasteiger partial charge in [-0.3, -0.25) is 4.68 Å². The largest absolute Gasteiger partial charge is 0.493 e. The highest BCUT2D eigenvalue weighted by Crippen LogP contribution is 2.30. The number of nitrogens with one attached hydrogen (secondary N) is 1. The molecule has 0 spiro atoms. The lowest BCUT2D eigenvalue weighted by Crippen LogP contribution is -2.48. The van der Waals surface area contributed by atoms with E-state index in [0.717, 1.165) is 55.0 Å². The number of hydrogen-bond acceptors (Lipinski definition) is 4. The van der Waals surface area contributed by atoms with E-state index in [1.54, 1.807) is 0 Å². The summed E-state index contributed by atoms with van der Waals surface area (Å²) in [6, 6.07) is 8.23. The molecule has 2 aromatic rings. The molecule has 0 bridgehead atoms. The quantitative estimate of drug-likeness (QED) is 0.341. The van der Waals surface area contributed by atoms with Crippen molar-refractivity contribution in [2.75, 3.05) is 32.8 Å². The molecule has 1 aromatic carbocycles. The summed E-state index contributed by atoms with van der Waals surface area (Å²) in [5.41, 5.74) is 2.23. The molecule has 1 saturated carbocycles. The number of morpholine rings is 1. The van der Waals surface area contributed by atoms with Crippen molar-refractivity contribution in [2.24, 2.45) is 18.0 Å². The Morgan fingerprint density at radius 1 is 1.33 bits per heavy atom. The number of ether oxygens (including phenoxy) is 2. The number of guanidine groups is 1. The third-order valence-electron chi connectivity index (χ3n) is 5.34. The first-order valence-electron chi connectivity index (χ1n) is 10.6. The van der Waals surface area contributed by atoms with Crippen LogP contribution in [0.5, 0.6) is 5.75 Å². The number of aryl methyl sites for hydroxylation is 1. The Kier molecular flexibility index (Phi) is 8.38. The van der Waals surface area contributed by atoms with E-state index in [2.05, 4.69) is 34.4 Å². The summed E-state index contributed by atoms with van der Waals surface area (Å²) < 4.78 is 13.8. The third kappa shape index (κ3) is 6.10. The van der Waals surface area contributed by atoms with E-state index in [1.165, 1.54) is 12.8 Å². The fourth-order valence-electron chi connectivity index (χ4n) is 3.50. The van der Waals surface area contributed by atoms with Gasteiger partial charge in [0.25, 0.3) is 0 Å². The number of halogens is 1. The number of nitrogens with zero attached hydrogens (tertiary/aromatic N) is 4. The van der Waals surface area contributed by atoms with Crippen LogP contribution in [0.15, 0.2) is 41.7 Å². The molecule has 1 unspecified atom stereocenters. The first-order chi connectivity index (χ1) is 14.2. The van der Waals surface area contributed by atoms with Crippen LogP contribution in [0.3, 0.4) is 0 Å². The van der Waals surface area contributed by atoms with Crippen LogP contribution in [-0.4, -0.2) is 53.5 Å². The van der Waals surface area contributed by atoms with Gasteiger partial charge >= 0.3 is 0 Å². The smallest absolute Gasteiger partial charge is 0.194 e. The molecule has 1 N–H and O–H groups in total. The van der Waals surface area contributed by atoms with Crippen LogP contribution in [0.4, 0.5) is 0 Å². The van der Waals surface area contributed by atoms with Gasteiger partial charge in [0.1, 0.15) is 11.9 Å². The summed E-state index contributed by atoms with van der Waals surface area (Å²) in [5.74, 6) is 2.61. The van der Waals surface area contributed by atoms with Crippen LogP contribution >= 0.6 is 24.0 Å². The summed E-state index contributed by atoms with van der Waals surface area (Å²) in [5, 5.41) is 7.71. The molecule has 30 heavy (non-hydrogen) atoms. The van der Waals surface area contributed by atoms with E-state index in [4.69, 9.17) is 14.5 Å². The SMILES string of the molecule is CCNC(=NCc1ccccc1OCC1CC1)N1CCOC(c2cnn(C)c2)C1.I. The molecular formula is C22H32IN5O2. The summed E-state index contributed by atoms with van der Waals surface area (Å²) in [6.07, 6.45) is 6.49. The fourth-order valence-corrected chi connectivity index (χ4v) is 3.50. The summed E-state index contributed by atoms with van der Waals surface area (Å²) >= 11 is 0. The van der Waals surface area contributed by atoms with E-state index in [0.29, 0.717) is 13.2 Å². The monoisotopic (exact) mass is 525 g/mol. The lowest BCUT2D eigenvalue weighted by Gasteiger charge is -2.34. The number of para-hydroxylation sites is 1. The van der Waals surface area contributed by atoms with Crippen molar-refractivity contribution in [3.63, 3.8) is 0 Å². The van der Waals surface area contributed by atoms with Crippen LogP contribution in [-0.2, 0) is 18.3 Å². The molecule has 2 fully saturated rings. The Morgan fingerprint density at radius 3 is 2.90 bits per heavy atom. The molecule has 1 saturated heterocycles. The van der Waals surface area contributed by atoms with Crippen molar-refractivity contribution < 1.29 is 9.47 Å². The van der Waals surface area contributed by atoms with Gasteiger partial charge in [0.2, 0.25) is 0 Å². The van der Waals surface area contributed by atoms with Gasteiger partial charge in [0.05, 0.1) is 32.5 Å². The average molecular weight is 525 g/mol. The van der Waals surface area contributed by atoms with Crippen LogP contribution < -0.4 is 10.1 Å². The van der Waals surface area contributed by atoms with E-state index >= 15 is 0 Å². The van der Waals surface area contributed by atoms with Gasteiger partial charge in [-0.25, -0.2) is 4.99 Å². The summed E-state index contributed by atoms with van der Waals surface area (Å²) in [4.78, 5) is 7.20. The number of benzene rings is 1. The molecule has 2 heterocycles. The van der Waals surface area contributed by atoms with Crippen molar-refractivity contribution in [3.05, 3.63) is 47.8 Å². The molecule has 4 rings (SSSR count). The second kappa shape index (κ2) is 11.0. The van der Waals surface area contributed by atoms with E-state index < -0.39 is 0 Å². The highest BCUT2D eigenvalue weighted by Gasteiger charge is 2.25. The Morgan fingerprint density at radius 2 is 2.17 bits per heavy atom. The minimum absolute atomic E-state index is 0. The zero-order valence-electron chi connectivity index (χ0n) is 17.8. The maximum absolute atomic E-state index is 6.04. The number of hydrogen-bond donors (Lipinski definition) is 1. The first-order valence-corrected chi connectivity index (χ1v) is 10.6. The Balaban J connectivity index is 0.00000256. The number of aromatic nitrogens is 2. The molecule has 8 heteroatoms. The molecule has 2 aliphatic rings. The zero-order chi connectivity index (χ0) is 20.1. The second-order valence-electron chi connectivity index (χ2n) is 7.79. The van der Waals surface area contributed by atoms with Gasteiger partial charge in [-0.1, -0.05) is 18.2 Å². The van der Waals surface area contributed by atoms with Crippen molar-refractivity contribution in [2.45, 2.75) is 32.4 Å². The highest BCUT2D eigenvalue weighted by atomic mass is 127. The Labute approximate surface area is 195 Å². The van der Waals surface area contributed by atoms with Gasteiger partial charge in [-0.05, 0) is 31.7 Å². The minimum Gasteiger partial charge on any atom is -0.493 e. The molecule has 7 nitrogen and oxygen atoms in total. The average Bonchev–Trinajstić information content (AvgIpc) is 3.48. The predicted octanol–water partition coefficient (Wildman–Crippen LogP) is 3.37. The topological polar surface area (TPSA) is 63.9 Å². The molecule has 0 radical (unpaired) electrons. The van der Waals surface area contributed by atoms with E-state index in [1.807, 2.05) is 36.3 Å². The highest BCUT2D eigenvalue weighted by molar-refractivity contribution is 14.0. The molecule has 164 valence electrons. The molecule has 1 aliphatic carbocycles. The zero-order valence-corrected chi connectivity index (χ0v) is 20.1. The Bertz CT molecular complexity index is 836. The third-order valence-corrected chi connectivity index (χ3v) is 5.34. The van der Waals surface area contributed by atoms with E-state index in [9.17, 15) is 0 Å². The molecule has 1 aliphatic heterocycles. The predicted molar refractivity (Wildman–Crippen MR) is 128 cm³/mol. The molecule has 1 atom stereocenters. The molecular weight excluding hydrogens is 493 g/mol. The van der Waals surface area contributed by atoms with E-state index in [-0.39, 0.29) is 30.1 Å². The number of rotatable bonds is 7. The Hall–Kier alpha value is -1.81. The van der Waals surface area contributed by atoms with Crippen LogP contribution in [0.1, 0.15) is 37.0 Å². The van der Waals surface area contributed by atoms with Crippen LogP contribution in [0.25, 0.3) is 0 Å². The van der Waals surface area contributed by atoms with Crippen LogP contribution in [0, 0.1) is 5.92 Å². The van der Waals surface area contributed by atoms with Gasteiger partial charge in [-0.15, -0.1) is 24.0 Å². The lowest BCUT2D eigenvalue weighted by atomic mass is 10.1. The van der Waals surface area contributed by atoms with Crippen molar-refractivity contribution in [1.82, 2.24) is 20.0 Å². The van der Waals surface area contributed by atoms with Gasteiger partial charge in [-0.2, -0.15) is 5.10 Å². The second-order valence-corrected chi connectivity index (χ2v) is 7.79. The van der Waals surface area contributed by atoms with Gasteiger partial charge < -0.3 is 19.7 Å². The maximum atomic E-state index is 6.04. The molecule has 0 amide bonds. The van der Waals surface area contributed by atoms with Gasteiger partial charge in [0, 0.05) is 37.5 Å². The van der Waals surface area contributed by atoms with Gasteiger partial charge in [0.15, 0.2) is 5.96 Å². The van der Waals surface area contributed by atoms with Crippen molar-refractivity contribution in [1.29, 1.82) is 0 Å². The fraction of sp³-hybridized carbons (Fsp3) is 0.545. The first kappa shape index (κ1) is 22.9. The minimum atomic E-state index is 0. The van der Waals surface area contributed by atoms with Crippen LogP contribution in [0.2, 0.25) is 0 Å². The van der Waals surface area contributed by atoms with Crippen molar-refractivity contribution in [3.8, 4) is 5.75 Å². The maximum Gasteiger partial charge on any atom is 0.194 e. The van der Waals surface area contributed by atoms with Crippen molar-refractivity contribution >= 4 is 29.9 Å². The standard InChI is InChI=1S/C22H31N5O2.HI/c1-3-23-22(27-10-11-28-21(15-27)19-13-25-26(2)14-19)24-12-18-6-4-5-7-20(18)29-16-17-8-9-17;/h4-7,13-14,17,21H,3,8-12,15-16H2,1-2H3,(H,23,24);1H. The summed E-state index contributed by atoms with van der Waals surface area (Å²) in [7, 11) is 1.93. The summed E-state index contributed by atoms with van der Waals surface area (Å²) in [6.45, 7) is 6.59. The molecule has 1 aromatic heterocycles.